The van der Waals surface area contributed by atoms with Gasteiger partial charge in [0.2, 0.25) is 0 Å². The van der Waals surface area contributed by atoms with Gasteiger partial charge in [0.25, 0.3) is 10.0 Å². The van der Waals surface area contributed by atoms with Gasteiger partial charge in [-0.2, -0.15) is 0 Å². The Morgan fingerprint density at radius 3 is 1.96 bits per heavy atom. The van der Waals surface area contributed by atoms with Gasteiger partial charge in [-0.15, -0.1) is 0 Å². The van der Waals surface area contributed by atoms with E-state index in [1.165, 1.54) is 12.1 Å². The molecule has 2 rings (SSSR count). The molecule has 0 heterocycles. The first kappa shape index (κ1) is 18.3. The highest BCUT2D eigenvalue weighted by atomic mass is 32.2. The standard InChI is InChI=1S/C17H18F3NO2S/c1-4-17(2,3)11-5-7-13(8-6-11)24(22,23)21-12-9-14(18)16(20)15(19)10-12/h5-10,21H,4H2,1-3H3. The summed E-state index contributed by atoms with van der Waals surface area (Å²) in [4.78, 5) is -0.0525. The number of sulfonamides is 1. The summed E-state index contributed by atoms with van der Waals surface area (Å²) in [6, 6.07) is 7.42. The van der Waals surface area contributed by atoms with Crippen molar-refractivity contribution in [1.82, 2.24) is 0 Å². The van der Waals surface area contributed by atoms with Gasteiger partial charge in [-0.25, -0.2) is 21.6 Å². The topological polar surface area (TPSA) is 46.2 Å². The maximum atomic E-state index is 13.2. The van der Waals surface area contributed by atoms with Crippen molar-refractivity contribution < 1.29 is 21.6 Å². The lowest BCUT2D eigenvalue weighted by Gasteiger charge is -2.23. The van der Waals surface area contributed by atoms with Crippen molar-refractivity contribution in [2.75, 3.05) is 4.72 Å². The van der Waals surface area contributed by atoms with Gasteiger partial charge in [-0.1, -0.05) is 32.9 Å². The molecule has 3 nitrogen and oxygen atoms in total. The summed E-state index contributed by atoms with van der Waals surface area (Å²) < 4.78 is 65.9. The van der Waals surface area contributed by atoms with Gasteiger partial charge in [0, 0.05) is 12.1 Å². The molecule has 7 heteroatoms. The average Bonchev–Trinajstić information content (AvgIpc) is 2.52. The Morgan fingerprint density at radius 1 is 1.00 bits per heavy atom. The highest BCUT2D eigenvalue weighted by molar-refractivity contribution is 7.92. The zero-order chi connectivity index (χ0) is 18.1. The summed E-state index contributed by atoms with van der Waals surface area (Å²) in [7, 11) is -4.03. The molecule has 0 saturated heterocycles. The lowest BCUT2D eigenvalue weighted by Crippen LogP contribution is -2.17. The maximum Gasteiger partial charge on any atom is 0.261 e. The third-order valence-electron chi connectivity index (χ3n) is 4.07. The first-order valence-electron chi connectivity index (χ1n) is 7.35. The summed E-state index contributed by atoms with van der Waals surface area (Å²) in [6.45, 7) is 6.11. The SMILES string of the molecule is CCC(C)(C)c1ccc(S(=O)(=O)Nc2cc(F)c(F)c(F)c2)cc1. The second-order valence-electron chi connectivity index (χ2n) is 6.12. The zero-order valence-corrected chi connectivity index (χ0v) is 14.3. The van der Waals surface area contributed by atoms with Crippen LogP contribution < -0.4 is 4.72 Å². The highest BCUT2D eigenvalue weighted by Gasteiger charge is 2.21. The molecule has 0 radical (unpaired) electrons. The van der Waals surface area contributed by atoms with Gasteiger partial charge in [0.1, 0.15) is 0 Å². The van der Waals surface area contributed by atoms with E-state index < -0.39 is 27.5 Å². The summed E-state index contributed by atoms with van der Waals surface area (Å²) >= 11 is 0. The smallest absolute Gasteiger partial charge is 0.261 e. The van der Waals surface area contributed by atoms with E-state index in [9.17, 15) is 21.6 Å². The predicted molar refractivity (Wildman–Crippen MR) is 86.9 cm³/mol. The molecule has 0 bridgehead atoms. The molecule has 0 saturated carbocycles. The lowest BCUT2D eigenvalue weighted by atomic mass is 9.82. The monoisotopic (exact) mass is 357 g/mol. The minimum absolute atomic E-state index is 0.0525. The summed E-state index contributed by atoms with van der Waals surface area (Å²) in [5.41, 5.74) is 0.492. The van der Waals surface area contributed by atoms with Crippen molar-refractivity contribution in [2.45, 2.75) is 37.5 Å². The molecule has 0 fully saturated rings. The highest BCUT2D eigenvalue weighted by Crippen LogP contribution is 2.28. The number of hydrogen-bond acceptors (Lipinski definition) is 2. The Hall–Kier alpha value is -2.02. The van der Waals surface area contributed by atoms with E-state index in [-0.39, 0.29) is 16.0 Å². The fraction of sp³-hybridized carbons (Fsp3) is 0.294. The predicted octanol–water partition coefficient (Wildman–Crippen LogP) is 4.59. The Kier molecular flexibility index (Phi) is 4.94. The van der Waals surface area contributed by atoms with E-state index in [1.807, 2.05) is 25.5 Å². The minimum Gasteiger partial charge on any atom is -0.279 e. The van der Waals surface area contributed by atoms with Crippen LogP contribution in [0.2, 0.25) is 0 Å². The molecule has 24 heavy (non-hydrogen) atoms. The third-order valence-corrected chi connectivity index (χ3v) is 5.46. The molecule has 0 aliphatic carbocycles. The molecular formula is C17H18F3NO2S. The summed E-state index contributed by atoms with van der Waals surface area (Å²) in [5.74, 6) is -4.58. The molecule has 2 aromatic carbocycles. The van der Waals surface area contributed by atoms with Gasteiger partial charge in [-0.3, -0.25) is 4.72 Å². The lowest BCUT2D eigenvalue weighted by molar-refractivity contribution is 0.448. The van der Waals surface area contributed by atoms with Crippen LogP contribution >= 0.6 is 0 Å². The Labute approximate surface area is 139 Å². The zero-order valence-electron chi connectivity index (χ0n) is 13.5. The number of benzene rings is 2. The molecule has 0 aliphatic heterocycles. The molecule has 0 aromatic heterocycles. The molecule has 130 valence electrons. The molecule has 0 atom stereocenters. The van der Waals surface area contributed by atoms with Gasteiger partial charge < -0.3 is 0 Å². The molecule has 0 unspecified atom stereocenters. The number of halogens is 3. The van der Waals surface area contributed by atoms with Crippen LogP contribution in [0.15, 0.2) is 41.3 Å². The van der Waals surface area contributed by atoms with Crippen molar-refractivity contribution in [3.63, 3.8) is 0 Å². The number of rotatable bonds is 5. The van der Waals surface area contributed by atoms with Gasteiger partial charge in [-0.05, 0) is 29.5 Å². The van der Waals surface area contributed by atoms with Crippen molar-refractivity contribution in [3.05, 3.63) is 59.4 Å². The van der Waals surface area contributed by atoms with E-state index in [2.05, 4.69) is 0 Å². The normalized spacial score (nSPS) is 12.2. The van der Waals surface area contributed by atoms with Crippen LogP contribution in [0.1, 0.15) is 32.8 Å². The third kappa shape index (κ3) is 3.72. The number of nitrogens with one attached hydrogen (secondary N) is 1. The van der Waals surface area contributed by atoms with E-state index in [0.717, 1.165) is 12.0 Å². The van der Waals surface area contributed by atoms with Gasteiger partial charge in [0.15, 0.2) is 17.5 Å². The van der Waals surface area contributed by atoms with Crippen molar-refractivity contribution >= 4 is 15.7 Å². The molecule has 0 aliphatic rings. The van der Waals surface area contributed by atoms with Crippen LogP contribution in [0, 0.1) is 17.5 Å². The number of hydrogen-bond donors (Lipinski definition) is 1. The quantitative estimate of drug-likeness (QED) is 0.796. The van der Waals surface area contributed by atoms with Crippen LogP contribution in [0.5, 0.6) is 0 Å². The second kappa shape index (κ2) is 6.47. The molecule has 0 amide bonds. The first-order valence-corrected chi connectivity index (χ1v) is 8.83. The van der Waals surface area contributed by atoms with Crippen molar-refractivity contribution in [1.29, 1.82) is 0 Å². The fourth-order valence-corrected chi connectivity index (χ4v) is 3.16. The number of anilines is 1. The van der Waals surface area contributed by atoms with E-state index in [4.69, 9.17) is 0 Å². The maximum absolute atomic E-state index is 13.2. The van der Waals surface area contributed by atoms with Crippen molar-refractivity contribution in [2.24, 2.45) is 0 Å². The van der Waals surface area contributed by atoms with Crippen molar-refractivity contribution in [3.8, 4) is 0 Å². The fourth-order valence-electron chi connectivity index (χ4n) is 2.12. The Morgan fingerprint density at radius 2 is 1.50 bits per heavy atom. The summed E-state index contributed by atoms with van der Waals surface area (Å²) in [6.07, 6.45) is 0.880. The van der Waals surface area contributed by atoms with E-state index in [0.29, 0.717) is 12.1 Å². The molecular weight excluding hydrogens is 339 g/mol. The van der Waals surface area contributed by atoms with Crippen LogP contribution in [-0.4, -0.2) is 8.42 Å². The Bertz CT molecular complexity index is 824. The van der Waals surface area contributed by atoms with Gasteiger partial charge in [0.05, 0.1) is 10.6 Å². The first-order chi connectivity index (χ1) is 11.1. The van der Waals surface area contributed by atoms with Crippen LogP contribution in [0.4, 0.5) is 18.9 Å². The molecule has 1 N–H and O–H groups in total. The average molecular weight is 357 g/mol. The minimum atomic E-state index is -4.03. The van der Waals surface area contributed by atoms with Crippen LogP contribution in [0.3, 0.4) is 0 Å². The molecule has 2 aromatic rings. The summed E-state index contributed by atoms with van der Waals surface area (Å²) in [5, 5.41) is 0. The second-order valence-corrected chi connectivity index (χ2v) is 7.80. The van der Waals surface area contributed by atoms with E-state index >= 15 is 0 Å². The van der Waals surface area contributed by atoms with Gasteiger partial charge >= 0.3 is 0 Å². The Balaban J connectivity index is 2.31. The van der Waals surface area contributed by atoms with Crippen LogP contribution in [0.25, 0.3) is 0 Å². The van der Waals surface area contributed by atoms with Crippen LogP contribution in [-0.2, 0) is 15.4 Å². The largest absolute Gasteiger partial charge is 0.279 e. The molecule has 0 spiro atoms. The van der Waals surface area contributed by atoms with E-state index in [1.54, 1.807) is 12.1 Å².